The average molecular weight is 305 g/mol. The minimum absolute atomic E-state index is 0. The molecule has 0 aliphatic heterocycles. The molecule has 0 aromatic carbocycles. The van der Waals surface area contributed by atoms with E-state index in [1.165, 1.54) is 0 Å². The maximum absolute atomic E-state index is 10.8. The van der Waals surface area contributed by atoms with Crippen molar-refractivity contribution < 1.29 is 25.9 Å². The minimum atomic E-state index is 0. The first-order valence-electron chi connectivity index (χ1n) is 2.95. The molecule has 1 rings (SSSR count). The molecule has 0 amide bonds. The van der Waals surface area contributed by atoms with Crippen LogP contribution in [0.2, 0.25) is 0 Å². The Hall–Kier alpha value is -0.162. The fourth-order valence-electron chi connectivity index (χ4n) is 0.809. The van der Waals surface area contributed by atoms with Gasteiger partial charge in [-0.15, -0.1) is 6.08 Å². The summed E-state index contributed by atoms with van der Waals surface area (Å²) in [4.78, 5) is 10.8. The Morgan fingerprint density at radius 1 is 1.10 bits per heavy atom. The predicted molar refractivity (Wildman–Crippen MR) is 35.8 cm³/mol. The van der Waals surface area contributed by atoms with Crippen molar-refractivity contribution in [3.05, 3.63) is 22.8 Å². The maximum atomic E-state index is 10.8. The molecule has 2 heteroatoms. The van der Waals surface area contributed by atoms with Crippen LogP contribution in [0.15, 0.2) is 16.7 Å². The summed E-state index contributed by atoms with van der Waals surface area (Å²) < 4.78 is 0. The summed E-state index contributed by atoms with van der Waals surface area (Å²) in [6.07, 6.45) is 2.72. The van der Waals surface area contributed by atoms with Crippen LogP contribution in [0.3, 0.4) is 0 Å². The maximum Gasteiger partial charge on any atom is 2.00 e. The summed E-state index contributed by atoms with van der Waals surface area (Å²) in [6.45, 7) is 5.69. The number of carbonyl (C=O) groups excluding carboxylic acids is 1. The second-order valence-electron chi connectivity index (χ2n) is 2.33. The van der Waals surface area contributed by atoms with Gasteiger partial charge < -0.3 is 4.79 Å². The molecule has 0 radical (unpaired) electrons. The molecular weight excluding hydrogens is 296 g/mol. The molecular formula is C8H9OW+. The Balaban J connectivity index is 0.000000810. The molecule has 10 heavy (non-hydrogen) atoms. The van der Waals surface area contributed by atoms with E-state index in [0.29, 0.717) is 0 Å². The number of hydrogen-bond donors (Lipinski definition) is 0. The molecule has 0 aromatic rings. The normalized spacial score (nSPS) is 17.1. The third-order valence-corrected chi connectivity index (χ3v) is 1.77. The minimum Gasteiger partial charge on any atom is -0.320 e. The van der Waals surface area contributed by atoms with Crippen LogP contribution >= 0.6 is 0 Å². The SMILES string of the molecule is CC1=[C-]C(=O)C(C)=C1C.[W+2]. The van der Waals surface area contributed by atoms with E-state index in [2.05, 4.69) is 6.08 Å². The Morgan fingerprint density at radius 2 is 1.60 bits per heavy atom. The van der Waals surface area contributed by atoms with Gasteiger partial charge in [0, 0.05) is 0 Å². The van der Waals surface area contributed by atoms with E-state index >= 15 is 0 Å². The Morgan fingerprint density at radius 3 is 1.70 bits per heavy atom. The average Bonchev–Trinajstić information content (AvgIpc) is 1.98. The Labute approximate surface area is 75.5 Å². The van der Waals surface area contributed by atoms with Crippen LogP contribution in [0, 0.1) is 6.08 Å². The summed E-state index contributed by atoms with van der Waals surface area (Å²) in [6, 6.07) is 0. The molecule has 0 aromatic heterocycles. The molecule has 0 heterocycles. The van der Waals surface area contributed by atoms with Crippen LogP contribution < -0.4 is 0 Å². The molecule has 0 spiro atoms. The summed E-state index contributed by atoms with van der Waals surface area (Å²) in [7, 11) is 0. The van der Waals surface area contributed by atoms with Gasteiger partial charge in [-0.2, -0.15) is 16.7 Å². The van der Waals surface area contributed by atoms with Gasteiger partial charge in [0.1, 0.15) is 0 Å². The molecule has 0 fully saturated rings. The number of carbonyl (C=O) groups is 1. The zero-order valence-electron chi connectivity index (χ0n) is 6.32. The number of hydrogen-bond acceptors (Lipinski definition) is 1. The predicted octanol–water partition coefficient (Wildman–Crippen LogP) is 1.65. The van der Waals surface area contributed by atoms with Crippen LogP contribution in [0.4, 0.5) is 0 Å². The first kappa shape index (κ1) is 9.84. The second kappa shape index (κ2) is 3.29. The van der Waals surface area contributed by atoms with Gasteiger partial charge >= 0.3 is 21.1 Å². The zero-order chi connectivity index (χ0) is 7.02. The van der Waals surface area contributed by atoms with E-state index in [1.807, 2.05) is 20.8 Å². The first-order valence-corrected chi connectivity index (χ1v) is 2.95. The van der Waals surface area contributed by atoms with Gasteiger partial charge in [-0.3, -0.25) is 0 Å². The number of rotatable bonds is 0. The third-order valence-electron chi connectivity index (χ3n) is 1.77. The van der Waals surface area contributed by atoms with Gasteiger partial charge in [0.15, 0.2) is 0 Å². The first-order chi connectivity index (χ1) is 4.13. The standard InChI is InChI=1S/C8H9O.W/c1-5-4-8(9)7(3)6(5)2;/h1-3H3;/q-1;+2. The van der Waals surface area contributed by atoms with Crippen LogP contribution in [0.5, 0.6) is 0 Å². The van der Waals surface area contributed by atoms with Crippen molar-refractivity contribution in [2.24, 2.45) is 0 Å². The molecule has 0 saturated carbocycles. The van der Waals surface area contributed by atoms with Gasteiger partial charge in [0.25, 0.3) is 0 Å². The third kappa shape index (κ3) is 1.46. The second-order valence-corrected chi connectivity index (χ2v) is 2.33. The fourth-order valence-corrected chi connectivity index (χ4v) is 0.809. The van der Waals surface area contributed by atoms with Crippen LogP contribution in [0.25, 0.3) is 0 Å². The monoisotopic (exact) mass is 305 g/mol. The van der Waals surface area contributed by atoms with E-state index in [-0.39, 0.29) is 26.8 Å². The molecule has 0 N–H and O–H groups in total. The van der Waals surface area contributed by atoms with E-state index < -0.39 is 0 Å². The Bertz CT molecular complexity index is 223. The molecule has 1 aliphatic carbocycles. The number of allylic oxidation sites excluding steroid dienone is 4. The molecule has 1 aliphatic rings. The molecule has 0 unspecified atom stereocenters. The van der Waals surface area contributed by atoms with E-state index in [1.54, 1.807) is 0 Å². The number of Topliss-reactive ketones (excluding diaryl/α,β-unsaturated/α-hetero) is 1. The van der Waals surface area contributed by atoms with Crippen molar-refractivity contribution in [1.29, 1.82) is 0 Å². The van der Waals surface area contributed by atoms with Gasteiger partial charge in [-0.1, -0.05) is 20.8 Å². The molecule has 0 bridgehead atoms. The summed E-state index contributed by atoms with van der Waals surface area (Å²) in [5.74, 6) is 0.0463. The van der Waals surface area contributed by atoms with Crippen molar-refractivity contribution in [3.63, 3.8) is 0 Å². The van der Waals surface area contributed by atoms with Gasteiger partial charge in [-0.05, 0) is 0 Å². The molecule has 0 atom stereocenters. The van der Waals surface area contributed by atoms with Crippen molar-refractivity contribution in [2.75, 3.05) is 0 Å². The van der Waals surface area contributed by atoms with Gasteiger partial charge in [0.2, 0.25) is 0 Å². The van der Waals surface area contributed by atoms with Crippen LogP contribution in [0.1, 0.15) is 20.8 Å². The van der Waals surface area contributed by atoms with Gasteiger partial charge in [0.05, 0.1) is 5.78 Å². The Kier molecular flexibility index (Phi) is 3.24. The van der Waals surface area contributed by atoms with Crippen molar-refractivity contribution in [1.82, 2.24) is 0 Å². The fraction of sp³-hybridized carbons (Fsp3) is 0.375. The van der Waals surface area contributed by atoms with Crippen molar-refractivity contribution >= 4 is 5.78 Å². The summed E-state index contributed by atoms with van der Waals surface area (Å²) in [5.41, 5.74) is 2.91. The molecule has 1 nitrogen and oxygen atoms in total. The number of ketones is 1. The van der Waals surface area contributed by atoms with Crippen molar-refractivity contribution in [2.45, 2.75) is 20.8 Å². The smallest absolute Gasteiger partial charge is 0.320 e. The van der Waals surface area contributed by atoms with Gasteiger partial charge in [-0.25, -0.2) is 0 Å². The summed E-state index contributed by atoms with van der Waals surface area (Å²) in [5, 5.41) is 0. The van der Waals surface area contributed by atoms with Crippen LogP contribution in [-0.2, 0) is 25.9 Å². The quantitative estimate of drug-likeness (QED) is 0.622. The topological polar surface area (TPSA) is 17.1 Å². The van der Waals surface area contributed by atoms with E-state index in [4.69, 9.17) is 0 Å². The van der Waals surface area contributed by atoms with Crippen molar-refractivity contribution in [3.8, 4) is 0 Å². The zero-order valence-corrected chi connectivity index (χ0v) is 9.25. The largest absolute Gasteiger partial charge is 2.00 e. The molecule has 52 valence electrons. The van der Waals surface area contributed by atoms with E-state index in [9.17, 15) is 4.79 Å². The van der Waals surface area contributed by atoms with E-state index in [0.717, 1.165) is 16.7 Å². The van der Waals surface area contributed by atoms with Crippen LogP contribution in [-0.4, -0.2) is 5.78 Å². The molecule has 0 saturated heterocycles. The summed E-state index contributed by atoms with van der Waals surface area (Å²) >= 11 is 0.